The van der Waals surface area contributed by atoms with Gasteiger partial charge in [0.05, 0.1) is 0 Å². The van der Waals surface area contributed by atoms with E-state index in [1.54, 1.807) is 5.56 Å². The van der Waals surface area contributed by atoms with E-state index in [2.05, 4.69) is 32.0 Å². The van der Waals surface area contributed by atoms with E-state index in [0.29, 0.717) is 0 Å². The molecule has 0 radical (unpaired) electrons. The largest absolute Gasteiger partial charge is 0.0617 e. The van der Waals surface area contributed by atoms with Crippen LogP contribution in [0.4, 0.5) is 0 Å². The maximum Gasteiger partial charge on any atom is -0.0157 e. The minimum atomic E-state index is 0.852. The van der Waals surface area contributed by atoms with E-state index >= 15 is 0 Å². The Balaban J connectivity index is 2.29. The fraction of sp³-hybridized carbons (Fsp3) is 0.571. The molecule has 0 saturated heterocycles. The van der Waals surface area contributed by atoms with Crippen molar-refractivity contribution in [2.45, 2.75) is 51.9 Å². The van der Waals surface area contributed by atoms with Crippen LogP contribution < -0.4 is 0 Å². The predicted octanol–water partition coefficient (Wildman–Crippen LogP) is 4.35. The van der Waals surface area contributed by atoms with Crippen LogP contribution in [-0.2, 0) is 0 Å². The Morgan fingerprint density at radius 2 is 1.50 bits per heavy atom. The highest BCUT2D eigenvalue weighted by molar-refractivity contribution is 5.36. The van der Waals surface area contributed by atoms with Gasteiger partial charge in [-0.3, -0.25) is 0 Å². The molecule has 0 aromatic heterocycles. The number of aryl methyl sites for hydroxylation is 2. The second kappa shape index (κ2) is 4.16. The van der Waals surface area contributed by atoms with E-state index in [-0.39, 0.29) is 0 Å². The van der Waals surface area contributed by atoms with Gasteiger partial charge in [0.25, 0.3) is 0 Å². The Hall–Kier alpha value is -0.780. The van der Waals surface area contributed by atoms with Gasteiger partial charge < -0.3 is 0 Å². The van der Waals surface area contributed by atoms with Crippen LogP contribution in [0.1, 0.15) is 54.7 Å². The molecule has 0 heterocycles. The van der Waals surface area contributed by atoms with E-state index in [9.17, 15) is 0 Å². The van der Waals surface area contributed by atoms with Gasteiger partial charge in [-0.05, 0) is 49.3 Å². The van der Waals surface area contributed by atoms with Crippen molar-refractivity contribution in [2.24, 2.45) is 0 Å². The fourth-order valence-electron chi connectivity index (χ4n) is 2.86. The molecule has 0 nitrogen and oxygen atoms in total. The topological polar surface area (TPSA) is 0 Å². The first kappa shape index (κ1) is 9.76. The van der Waals surface area contributed by atoms with E-state index < -0.39 is 0 Å². The molecule has 0 bridgehead atoms. The zero-order valence-corrected chi connectivity index (χ0v) is 9.34. The summed E-state index contributed by atoms with van der Waals surface area (Å²) in [6.07, 6.45) is 7.12. The van der Waals surface area contributed by atoms with Gasteiger partial charge in [-0.15, -0.1) is 0 Å². The Morgan fingerprint density at radius 1 is 0.929 bits per heavy atom. The molecule has 2 rings (SSSR count). The van der Waals surface area contributed by atoms with E-state index in [0.717, 1.165) is 5.92 Å². The Bertz CT molecular complexity index is 286. The summed E-state index contributed by atoms with van der Waals surface area (Å²) in [5, 5.41) is 0. The van der Waals surface area contributed by atoms with Gasteiger partial charge in [-0.1, -0.05) is 37.5 Å². The lowest BCUT2D eigenvalue weighted by Gasteiger charge is -2.25. The highest BCUT2D eigenvalue weighted by Gasteiger charge is 2.18. The summed E-state index contributed by atoms with van der Waals surface area (Å²) in [6, 6.07) is 6.70. The highest BCUT2D eigenvalue weighted by Crippen LogP contribution is 2.35. The third kappa shape index (κ3) is 1.84. The van der Waals surface area contributed by atoms with Crippen molar-refractivity contribution in [1.82, 2.24) is 0 Å². The van der Waals surface area contributed by atoms with Gasteiger partial charge >= 0.3 is 0 Å². The Labute approximate surface area is 87.3 Å². The molecular weight excluding hydrogens is 168 g/mol. The first-order chi connectivity index (χ1) is 6.79. The van der Waals surface area contributed by atoms with Crippen molar-refractivity contribution in [3.05, 3.63) is 34.9 Å². The zero-order valence-electron chi connectivity index (χ0n) is 9.34. The van der Waals surface area contributed by atoms with Crippen molar-refractivity contribution >= 4 is 0 Å². The van der Waals surface area contributed by atoms with Gasteiger partial charge in [-0.25, -0.2) is 0 Å². The summed E-state index contributed by atoms with van der Waals surface area (Å²) in [7, 11) is 0. The quantitative estimate of drug-likeness (QED) is 0.614. The molecule has 14 heavy (non-hydrogen) atoms. The smallest absolute Gasteiger partial charge is 0.0157 e. The van der Waals surface area contributed by atoms with Gasteiger partial charge in [0.1, 0.15) is 0 Å². The Morgan fingerprint density at radius 3 is 2.07 bits per heavy atom. The van der Waals surface area contributed by atoms with E-state index in [1.807, 2.05) is 0 Å². The average molecular weight is 188 g/mol. The molecule has 1 aliphatic rings. The normalized spacial score (nSPS) is 18.4. The molecule has 0 unspecified atom stereocenters. The van der Waals surface area contributed by atoms with Crippen LogP contribution in [0.15, 0.2) is 18.2 Å². The van der Waals surface area contributed by atoms with E-state index in [1.165, 1.54) is 43.2 Å². The summed E-state index contributed by atoms with van der Waals surface area (Å²) in [4.78, 5) is 0. The molecule has 0 aliphatic heterocycles. The average Bonchev–Trinajstić information content (AvgIpc) is 2.19. The van der Waals surface area contributed by atoms with Crippen LogP contribution in [0.3, 0.4) is 0 Å². The van der Waals surface area contributed by atoms with Crippen LogP contribution in [0.25, 0.3) is 0 Å². The summed E-state index contributed by atoms with van der Waals surface area (Å²) in [5.74, 6) is 0.852. The lowest BCUT2D eigenvalue weighted by atomic mass is 9.80. The fourth-order valence-corrected chi connectivity index (χ4v) is 2.86. The number of hydrogen-bond donors (Lipinski definition) is 0. The molecule has 1 fully saturated rings. The van der Waals surface area contributed by atoms with Crippen LogP contribution in [0.2, 0.25) is 0 Å². The summed E-state index contributed by atoms with van der Waals surface area (Å²) >= 11 is 0. The molecule has 0 N–H and O–H groups in total. The third-order valence-corrected chi connectivity index (χ3v) is 3.56. The molecule has 1 aromatic carbocycles. The standard InChI is InChI=1S/C14H20/c1-11-7-6-8-12(2)14(11)13-9-4-3-5-10-13/h6-8,13H,3-5,9-10H2,1-2H3. The molecular formula is C14H20. The number of benzene rings is 1. The Kier molecular flexibility index (Phi) is 2.90. The van der Waals surface area contributed by atoms with E-state index in [4.69, 9.17) is 0 Å². The van der Waals surface area contributed by atoms with Gasteiger partial charge in [0.2, 0.25) is 0 Å². The van der Waals surface area contributed by atoms with Crippen molar-refractivity contribution < 1.29 is 0 Å². The lowest BCUT2D eigenvalue weighted by Crippen LogP contribution is -2.07. The van der Waals surface area contributed by atoms with Crippen LogP contribution in [0.5, 0.6) is 0 Å². The first-order valence-corrected chi connectivity index (χ1v) is 5.85. The summed E-state index contributed by atoms with van der Waals surface area (Å²) in [5.41, 5.74) is 4.64. The lowest BCUT2D eigenvalue weighted by molar-refractivity contribution is 0.441. The molecule has 0 heteroatoms. The maximum atomic E-state index is 2.26. The van der Waals surface area contributed by atoms with Crippen LogP contribution in [0, 0.1) is 13.8 Å². The second-order valence-corrected chi connectivity index (χ2v) is 4.64. The summed E-state index contributed by atoms with van der Waals surface area (Å²) < 4.78 is 0. The van der Waals surface area contributed by atoms with Crippen molar-refractivity contribution in [3.63, 3.8) is 0 Å². The molecule has 0 spiro atoms. The molecule has 1 aromatic rings. The number of hydrogen-bond acceptors (Lipinski definition) is 0. The van der Waals surface area contributed by atoms with Crippen molar-refractivity contribution in [3.8, 4) is 0 Å². The van der Waals surface area contributed by atoms with Gasteiger partial charge in [0.15, 0.2) is 0 Å². The van der Waals surface area contributed by atoms with Crippen LogP contribution in [-0.4, -0.2) is 0 Å². The summed E-state index contributed by atoms with van der Waals surface area (Å²) in [6.45, 7) is 4.52. The number of rotatable bonds is 1. The highest BCUT2D eigenvalue weighted by atomic mass is 14.2. The zero-order chi connectivity index (χ0) is 9.97. The SMILES string of the molecule is Cc1cccc(C)c1C1CCCCC1. The molecule has 0 atom stereocenters. The molecule has 1 saturated carbocycles. The maximum absolute atomic E-state index is 2.26. The van der Waals surface area contributed by atoms with Crippen LogP contribution >= 0.6 is 0 Å². The third-order valence-electron chi connectivity index (χ3n) is 3.56. The minimum Gasteiger partial charge on any atom is -0.0617 e. The van der Waals surface area contributed by atoms with Crippen molar-refractivity contribution in [1.29, 1.82) is 0 Å². The molecule has 0 amide bonds. The first-order valence-electron chi connectivity index (χ1n) is 5.85. The van der Waals surface area contributed by atoms with Gasteiger partial charge in [0, 0.05) is 0 Å². The predicted molar refractivity (Wildman–Crippen MR) is 61.7 cm³/mol. The molecule has 1 aliphatic carbocycles. The molecule has 76 valence electrons. The minimum absolute atomic E-state index is 0.852. The second-order valence-electron chi connectivity index (χ2n) is 4.64. The van der Waals surface area contributed by atoms with Gasteiger partial charge in [-0.2, -0.15) is 0 Å². The van der Waals surface area contributed by atoms with Crippen molar-refractivity contribution in [2.75, 3.05) is 0 Å². The monoisotopic (exact) mass is 188 g/mol.